The van der Waals surface area contributed by atoms with Crippen LogP contribution in [0.15, 0.2) is 18.2 Å². The molecule has 1 amide bonds. The number of aryl methyl sites for hydroxylation is 2. The summed E-state index contributed by atoms with van der Waals surface area (Å²) in [4.78, 5) is 25.1. The van der Waals surface area contributed by atoms with Gasteiger partial charge >= 0.3 is 5.97 Å². The third kappa shape index (κ3) is 4.39. The number of rotatable bonds is 5. The van der Waals surface area contributed by atoms with Crippen molar-refractivity contribution < 1.29 is 14.3 Å². The van der Waals surface area contributed by atoms with Crippen LogP contribution in [0.3, 0.4) is 0 Å². The first-order chi connectivity index (χ1) is 8.95. The van der Waals surface area contributed by atoms with E-state index >= 15 is 0 Å². The summed E-state index contributed by atoms with van der Waals surface area (Å²) in [5.41, 5.74) is 2.68. The molecule has 0 aromatic heterocycles. The van der Waals surface area contributed by atoms with Crippen molar-refractivity contribution in [3.8, 4) is 0 Å². The summed E-state index contributed by atoms with van der Waals surface area (Å²) in [6, 6.07) is 5.78. The summed E-state index contributed by atoms with van der Waals surface area (Å²) in [5.74, 6) is -0.339. The molecule has 0 atom stereocenters. The minimum atomic E-state index is -0.275. The van der Waals surface area contributed by atoms with Gasteiger partial charge in [-0.15, -0.1) is 0 Å². The van der Waals surface area contributed by atoms with Crippen LogP contribution in [-0.4, -0.2) is 37.0 Å². The molecule has 0 aliphatic carbocycles. The minimum Gasteiger partial charge on any atom is -0.466 e. The zero-order chi connectivity index (χ0) is 14.4. The van der Waals surface area contributed by atoms with Gasteiger partial charge in [-0.1, -0.05) is 17.7 Å². The van der Waals surface area contributed by atoms with Crippen molar-refractivity contribution in [3.63, 3.8) is 0 Å². The molecule has 0 unspecified atom stereocenters. The van der Waals surface area contributed by atoms with E-state index in [0.29, 0.717) is 18.7 Å². The normalized spacial score (nSPS) is 10.1. The Labute approximate surface area is 114 Å². The maximum atomic E-state index is 12.3. The van der Waals surface area contributed by atoms with Crippen LogP contribution in [0.5, 0.6) is 0 Å². The third-order valence-electron chi connectivity index (χ3n) is 2.93. The Morgan fingerprint density at radius 1 is 1.26 bits per heavy atom. The molecule has 0 bridgehead atoms. The van der Waals surface area contributed by atoms with Crippen molar-refractivity contribution in [2.24, 2.45) is 0 Å². The van der Waals surface area contributed by atoms with Gasteiger partial charge in [0.05, 0.1) is 13.0 Å². The second-order valence-corrected chi connectivity index (χ2v) is 4.60. The van der Waals surface area contributed by atoms with Gasteiger partial charge in [0.25, 0.3) is 5.91 Å². The van der Waals surface area contributed by atoms with Crippen LogP contribution in [-0.2, 0) is 9.53 Å². The molecule has 0 spiro atoms. The Kier molecular flexibility index (Phi) is 5.55. The molecule has 0 saturated carbocycles. The Hall–Kier alpha value is -1.84. The molecule has 0 N–H and O–H groups in total. The molecular weight excluding hydrogens is 242 g/mol. The van der Waals surface area contributed by atoms with Gasteiger partial charge in [-0.25, -0.2) is 0 Å². The van der Waals surface area contributed by atoms with Crippen molar-refractivity contribution >= 4 is 11.9 Å². The highest BCUT2D eigenvalue weighted by molar-refractivity contribution is 5.95. The Morgan fingerprint density at radius 3 is 2.58 bits per heavy atom. The predicted molar refractivity (Wildman–Crippen MR) is 74.1 cm³/mol. The van der Waals surface area contributed by atoms with Crippen molar-refractivity contribution in [2.45, 2.75) is 27.2 Å². The van der Waals surface area contributed by atoms with E-state index in [-0.39, 0.29) is 18.3 Å². The number of hydrogen-bond acceptors (Lipinski definition) is 3. The van der Waals surface area contributed by atoms with Gasteiger partial charge in [0.2, 0.25) is 0 Å². The van der Waals surface area contributed by atoms with Gasteiger partial charge in [-0.05, 0) is 32.4 Å². The number of carbonyl (C=O) groups excluding carboxylic acids is 2. The second-order valence-electron chi connectivity index (χ2n) is 4.60. The maximum absolute atomic E-state index is 12.3. The summed E-state index contributed by atoms with van der Waals surface area (Å²) in [5, 5.41) is 0. The molecule has 0 fully saturated rings. The van der Waals surface area contributed by atoms with Crippen molar-refractivity contribution in [1.29, 1.82) is 0 Å². The Bertz CT molecular complexity index is 468. The fourth-order valence-corrected chi connectivity index (χ4v) is 1.77. The SMILES string of the molecule is CCOC(=O)CCN(C)C(=O)c1cc(C)ccc1C. The lowest BCUT2D eigenvalue weighted by Crippen LogP contribution is -2.30. The minimum absolute atomic E-state index is 0.0644. The summed E-state index contributed by atoms with van der Waals surface area (Å²) >= 11 is 0. The molecule has 1 aromatic carbocycles. The van der Waals surface area contributed by atoms with Gasteiger partial charge in [0, 0.05) is 19.2 Å². The van der Waals surface area contributed by atoms with Crippen LogP contribution < -0.4 is 0 Å². The second kappa shape index (κ2) is 6.92. The maximum Gasteiger partial charge on any atom is 0.307 e. The van der Waals surface area contributed by atoms with E-state index in [1.54, 1.807) is 18.9 Å². The number of nitrogens with zero attached hydrogens (tertiary/aromatic N) is 1. The molecule has 104 valence electrons. The first-order valence-corrected chi connectivity index (χ1v) is 6.44. The summed E-state index contributed by atoms with van der Waals surface area (Å²) in [6.07, 6.45) is 0.223. The van der Waals surface area contributed by atoms with E-state index in [4.69, 9.17) is 4.74 Å². The fraction of sp³-hybridized carbons (Fsp3) is 0.467. The van der Waals surface area contributed by atoms with E-state index in [1.165, 1.54) is 0 Å². The van der Waals surface area contributed by atoms with Crippen LogP contribution >= 0.6 is 0 Å². The van der Waals surface area contributed by atoms with Gasteiger partial charge in [-0.3, -0.25) is 9.59 Å². The van der Waals surface area contributed by atoms with Gasteiger partial charge in [0.1, 0.15) is 0 Å². The number of ether oxygens (including phenoxy) is 1. The zero-order valence-electron chi connectivity index (χ0n) is 12.0. The van der Waals surface area contributed by atoms with E-state index in [1.807, 2.05) is 32.0 Å². The first-order valence-electron chi connectivity index (χ1n) is 6.44. The van der Waals surface area contributed by atoms with Crippen LogP contribution in [0.2, 0.25) is 0 Å². The molecule has 1 aromatic rings. The number of hydrogen-bond donors (Lipinski definition) is 0. The quantitative estimate of drug-likeness (QED) is 0.766. The molecule has 0 saturated heterocycles. The smallest absolute Gasteiger partial charge is 0.307 e. The highest BCUT2D eigenvalue weighted by Gasteiger charge is 2.15. The van der Waals surface area contributed by atoms with Gasteiger partial charge in [0.15, 0.2) is 0 Å². The summed E-state index contributed by atoms with van der Waals surface area (Å²) in [6.45, 7) is 6.36. The number of esters is 1. The van der Waals surface area contributed by atoms with Crippen LogP contribution in [0.25, 0.3) is 0 Å². The molecular formula is C15H21NO3. The molecule has 1 rings (SSSR count). The van der Waals surface area contributed by atoms with Crippen molar-refractivity contribution in [3.05, 3.63) is 34.9 Å². The summed E-state index contributed by atoms with van der Waals surface area (Å²) in [7, 11) is 1.70. The lowest BCUT2D eigenvalue weighted by atomic mass is 10.0. The molecule has 0 aliphatic heterocycles. The molecule has 0 heterocycles. The number of amides is 1. The number of benzene rings is 1. The standard InChI is InChI=1S/C15H21NO3/c1-5-19-14(17)8-9-16(4)15(18)13-10-11(2)6-7-12(13)3/h6-7,10H,5,8-9H2,1-4H3. The van der Waals surface area contributed by atoms with E-state index < -0.39 is 0 Å². The zero-order valence-corrected chi connectivity index (χ0v) is 12.0. The first kappa shape index (κ1) is 15.2. The van der Waals surface area contributed by atoms with Crippen molar-refractivity contribution in [2.75, 3.05) is 20.2 Å². The Morgan fingerprint density at radius 2 is 1.95 bits per heavy atom. The third-order valence-corrected chi connectivity index (χ3v) is 2.93. The monoisotopic (exact) mass is 263 g/mol. The van der Waals surface area contributed by atoms with Crippen molar-refractivity contribution in [1.82, 2.24) is 4.90 Å². The lowest BCUT2D eigenvalue weighted by molar-refractivity contribution is -0.143. The fourth-order valence-electron chi connectivity index (χ4n) is 1.77. The van der Waals surface area contributed by atoms with Gasteiger partial charge in [-0.2, -0.15) is 0 Å². The molecule has 0 aliphatic rings. The number of carbonyl (C=O) groups is 2. The average molecular weight is 263 g/mol. The molecule has 19 heavy (non-hydrogen) atoms. The van der Waals surface area contributed by atoms with Crippen LogP contribution in [0.1, 0.15) is 34.8 Å². The molecule has 4 nitrogen and oxygen atoms in total. The van der Waals surface area contributed by atoms with E-state index in [2.05, 4.69) is 0 Å². The lowest BCUT2D eigenvalue weighted by Gasteiger charge is -2.18. The molecule has 4 heteroatoms. The highest BCUT2D eigenvalue weighted by Crippen LogP contribution is 2.13. The highest BCUT2D eigenvalue weighted by atomic mass is 16.5. The topological polar surface area (TPSA) is 46.6 Å². The molecule has 0 radical (unpaired) electrons. The van der Waals surface area contributed by atoms with Crippen LogP contribution in [0, 0.1) is 13.8 Å². The van der Waals surface area contributed by atoms with E-state index in [0.717, 1.165) is 11.1 Å². The van der Waals surface area contributed by atoms with Crippen LogP contribution in [0.4, 0.5) is 0 Å². The van der Waals surface area contributed by atoms with Gasteiger partial charge < -0.3 is 9.64 Å². The van der Waals surface area contributed by atoms with E-state index in [9.17, 15) is 9.59 Å². The largest absolute Gasteiger partial charge is 0.466 e. The Balaban J connectivity index is 2.66. The average Bonchev–Trinajstić information content (AvgIpc) is 2.38. The summed E-state index contributed by atoms with van der Waals surface area (Å²) < 4.78 is 4.84. The predicted octanol–water partition coefficient (Wildman–Crippen LogP) is 2.33.